The van der Waals surface area contributed by atoms with E-state index in [1.807, 2.05) is 12.1 Å². The maximum Gasteiger partial charge on any atom is 0.307 e. The number of carboxylic acid groups (broad SMARTS) is 1. The molecular weight excluding hydrogens is 280 g/mol. The molecule has 0 amide bonds. The molecule has 1 aliphatic rings. The van der Waals surface area contributed by atoms with E-state index in [1.54, 1.807) is 0 Å². The molecule has 1 saturated carbocycles. The van der Waals surface area contributed by atoms with Crippen LogP contribution in [0.15, 0.2) is 18.2 Å². The van der Waals surface area contributed by atoms with Crippen LogP contribution in [0, 0.1) is 0 Å². The molecule has 0 heterocycles. The highest BCUT2D eigenvalue weighted by molar-refractivity contribution is 6.74. The molecular formula is C17H26O3Si. The normalized spacial score (nSPS) is 15.9. The molecule has 1 aromatic carbocycles. The van der Waals surface area contributed by atoms with Crippen LogP contribution in [0.3, 0.4) is 0 Å². The third-order valence-electron chi connectivity index (χ3n) is 4.62. The predicted octanol–water partition coefficient (Wildman–Crippen LogP) is 4.58. The van der Waals surface area contributed by atoms with Gasteiger partial charge < -0.3 is 9.53 Å². The number of carboxylic acids is 1. The summed E-state index contributed by atoms with van der Waals surface area (Å²) in [4.78, 5) is 10.9. The SMILES string of the molecule is CC(C)(C)[Si](C)(C)Oc1cc(CC(=O)O)ccc1C1CC1. The van der Waals surface area contributed by atoms with Crippen LogP contribution in [0.1, 0.15) is 50.7 Å². The monoisotopic (exact) mass is 306 g/mol. The molecule has 0 bridgehead atoms. The predicted molar refractivity (Wildman–Crippen MR) is 87.6 cm³/mol. The van der Waals surface area contributed by atoms with E-state index in [1.165, 1.54) is 18.4 Å². The molecule has 1 fully saturated rings. The van der Waals surface area contributed by atoms with E-state index in [0.29, 0.717) is 5.92 Å². The van der Waals surface area contributed by atoms with E-state index >= 15 is 0 Å². The molecule has 1 N–H and O–H groups in total. The molecule has 0 aliphatic heterocycles. The minimum atomic E-state index is -1.91. The quantitative estimate of drug-likeness (QED) is 0.810. The van der Waals surface area contributed by atoms with Gasteiger partial charge in [0.25, 0.3) is 0 Å². The van der Waals surface area contributed by atoms with Gasteiger partial charge in [0, 0.05) is 0 Å². The van der Waals surface area contributed by atoms with Gasteiger partial charge in [0.05, 0.1) is 6.42 Å². The average Bonchev–Trinajstić information content (AvgIpc) is 3.10. The second-order valence-electron chi connectivity index (χ2n) is 7.58. The molecule has 0 radical (unpaired) electrons. The lowest BCUT2D eigenvalue weighted by Crippen LogP contribution is -2.44. The van der Waals surface area contributed by atoms with Gasteiger partial charge in [-0.1, -0.05) is 32.9 Å². The van der Waals surface area contributed by atoms with Gasteiger partial charge in [0.2, 0.25) is 8.32 Å². The van der Waals surface area contributed by atoms with Crippen LogP contribution < -0.4 is 4.43 Å². The lowest BCUT2D eigenvalue weighted by molar-refractivity contribution is -0.136. The fourth-order valence-electron chi connectivity index (χ4n) is 2.11. The Morgan fingerprint density at radius 1 is 1.33 bits per heavy atom. The van der Waals surface area contributed by atoms with E-state index < -0.39 is 14.3 Å². The van der Waals surface area contributed by atoms with Crippen LogP contribution in [0.2, 0.25) is 18.1 Å². The highest BCUT2D eigenvalue weighted by Gasteiger charge is 2.40. The molecule has 1 aromatic rings. The zero-order valence-electron chi connectivity index (χ0n) is 13.7. The van der Waals surface area contributed by atoms with Gasteiger partial charge in [-0.05, 0) is 54.1 Å². The summed E-state index contributed by atoms with van der Waals surface area (Å²) in [7, 11) is -1.91. The van der Waals surface area contributed by atoms with Crippen molar-refractivity contribution in [1.82, 2.24) is 0 Å². The third-order valence-corrected chi connectivity index (χ3v) is 8.96. The van der Waals surface area contributed by atoms with Crippen molar-refractivity contribution in [3.63, 3.8) is 0 Å². The van der Waals surface area contributed by atoms with Crippen LogP contribution in [0.4, 0.5) is 0 Å². The molecule has 2 rings (SSSR count). The topological polar surface area (TPSA) is 46.5 Å². The van der Waals surface area contributed by atoms with Crippen molar-refractivity contribution in [3.8, 4) is 5.75 Å². The minimum Gasteiger partial charge on any atom is -0.543 e. The fourth-order valence-corrected chi connectivity index (χ4v) is 3.14. The van der Waals surface area contributed by atoms with Crippen LogP contribution in [0.5, 0.6) is 5.75 Å². The summed E-state index contributed by atoms with van der Waals surface area (Å²) < 4.78 is 6.47. The minimum absolute atomic E-state index is 0.0544. The Hall–Kier alpha value is -1.29. The van der Waals surface area contributed by atoms with Crippen LogP contribution in [0.25, 0.3) is 0 Å². The van der Waals surface area contributed by atoms with Gasteiger partial charge in [0.1, 0.15) is 5.75 Å². The molecule has 0 unspecified atom stereocenters. The van der Waals surface area contributed by atoms with E-state index in [4.69, 9.17) is 9.53 Å². The second-order valence-corrected chi connectivity index (χ2v) is 12.3. The fraction of sp³-hybridized carbons (Fsp3) is 0.588. The summed E-state index contributed by atoms with van der Waals surface area (Å²) in [6.45, 7) is 11.1. The van der Waals surface area contributed by atoms with Gasteiger partial charge in [-0.2, -0.15) is 0 Å². The van der Waals surface area contributed by atoms with Crippen molar-refractivity contribution in [2.45, 2.75) is 64.1 Å². The Balaban J connectivity index is 2.32. The third kappa shape index (κ3) is 3.88. The Bertz CT molecular complexity index is 539. The van der Waals surface area contributed by atoms with Crippen molar-refractivity contribution in [3.05, 3.63) is 29.3 Å². The first-order valence-corrected chi connectivity index (χ1v) is 10.5. The van der Waals surface area contributed by atoms with Crippen LogP contribution in [-0.4, -0.2) is 19.4 Å². The van der Waals surface area contributed by atoms with Crippen molar-refractivity contribution < 1.29 is 14.3 Å². The van der Waals surface area contributed by atoms with E-state index in [9.17, 15) is 4.79 Å². The molecule has 4 heteroatoms. The van der Waals surface area contributed by atoms with E-state index in [-0.39, 0.29) is 11.5 Å². The van der Waals surface area contributed by atoms with Crippen molar-refractivity contribution in [2.24, 2.45) is 0 Å². The molecule has 1 aliphatic carbocycles. The second kappa shape index (κ2) is 5.48. The molecule has 3 nitrogen and oxygen atoms in total. The maximum absolute atomic E-state index is 10.9. The largest absolute Gasteiger partial charge is 0.543 e. The van der Waals surface area contributed by atoms with E-state index in [0.717, 1.165) is 11.3 Å². The number of benzene rings is 1. The molecule has 0 atom stereocenters. The van der Waals surface area contributed by atoms with Gasteiger partial charge in [0.15, 0.2) is 0 Å². The first kappa shape index (κ1) is 16.1. The molecule has 0 saturated heterocycles. The Kier molecular flexibility index (Phi) is 4.20. The lowest BCUT2D eigenvalue weighted by Gasteiger charge is -2.37. The molecule has 116 valence electrons. The smallest absolute Gasteiger partial charge is 0.307 e. The van der Waals surface area contributed by atoms with Gasteiger partial charge >= 0.3 is 5.97 Å². The molecule has 0 aromatic heterocycles. The summed E-state index contributed by atoms with van der Waals surface area (Å²) in [6.07, 6.45) is 2.48. The van der Waals surface area contributed by atoms with Crippen LogP contribution in [-0.2, 0) is 11.2 Å². The van der Waals surface area contributed by atoms with E-state index in [2.05, 4.69) is 39.9 Å². The first-order valence-electron chi connectivity index (χ1n) is 7.64. The highest BCUT2D eigenvalue weighted by atomic mass is 28.4. The highest BCUT2D eigenvalue weighted by Crippen LogP contribution is 2.46. The van der Waals surface area contributed by atoms with Crippen molar-refractivity contribution in [2.75, 3.05) is 0 Å². The number of aliphatic carboxylic acids is 1. The van der Waals surface area contributed by atoms with Crippen LogP contribution >= 0.6 is 0 Å². The number of rotatable bonds is 5. The zero-order chi connectivity index (χ0) is 15.8. The molecule has 21 heavy (non-hydrogen) atoms. The summed E-state index contributed by atoms with van der Waals surface area (Å²) in [5, 5.41) is 9.11. The lowest BCUT2D eigenvalue weighted by atomic mass is 10.0. The van der Waals surface area contributed by atoms with Gasteiger partial charge in [-0.25, -0.2) is 0 Å². The summed E-state index contributed by atoms with van der Waals surface area (Å²) in [5.41, 5.74) is 2.08. The Morgan fingerprint density at radius 2 is 1.95 bits per heavy atom. The first-order chi connectivity index (χ1) is 9.60. The van der Waals surface area contributed by atoms with Gasteiger partial charge in [-0.15, -0.1) is 0 Å². The summed E-state index contributed by atoms with van der Waals surface area (Å²) >= 11 is 0. The molecule has 0 spiro atoms. The standard InChI is InChI=1S/C17H26O3Si/c1-17(2,3)21(4,5)20-15-10-12(11-16(18)19)6-9-14(15)13-7-8-13/h6,9-10,13H,7-8,11H2,1-5H3,(H,18,19). The average molecular weight is 306 g/mol. The van der Waals surface area contributed by atoms with Crippen molar-refractivity contribution >= 4 is 14.3 Å². The summed E-state index contributed by atoms with van der Waals surface area (Å²) in [5.74, 6) is 0.721. The van der Waals surface area contributed by atoms with Gasteiger partial charge in [-0.3, -0.25) is 4.79 Å². The summed E-state index contributed by atoms with van der Waals surface area (Å²) in [6, 6.07) is 5.95. The number of hydrogen-bond acceptors (Lipinski definition) is 2. The number of hydrogen-bond donors (Lipinski definition) is 1. The number of carbonyl (C=O) groups is 1. The van der Waals surface area contributed by atoms with Crippen molar-refractivity contribution in [1.29, 1.82) is 0 Å². The maximum atomic E-state index is 10.9. The Morgan fingerprint density at radius 3 is 2.43 bits per heavy atom. The zero-order valence-corrected chi connectivity index (χ0v) is 14.7. The Labute approximate surface area is 128 Å².